The number of hydrogen-bond donors (Lipinski definition) is 1. The van der Waals surface area contributed by atoms with Crippen LogP contribution >= 0.6 is 27.3 Å². The topological polar surface area (TPSA) is 55.2 Å². The van der Waals surface area contributed by atoms with E-state index >= 15 is 0 Å². The van der Waals surface area contributed by atoms with Gasteiger partial charge in [-0.25, -0.2) is 0 Å². The molecule has 0 amide bonds. The molecule has 1 aromatic carbocycles. The van der Waals surface area contributed by atoms with E-state index in [0.29, 0.717) is 5.56 Å². The average Bonchev–Trinajstić information content (AvgIpc) is 2.78. The van der Waals surface area contributed by atoms with E-state index in [0.717, 1.165) is 9.47 Å². The van der Waals surface area contributed by atoms with Crippen LogP contribution in [0.4, 0.5) is 11.4 Å². The summed E-state index contributed by atoms with van der Waals surface area (Å²) < 4.78 is 1.08. The van der Waals surface area contributed by atoms with Crippen LogP contribution in [0, 0.1) is 17.0 Å². The van der Waals surface area contributed by atoms with Crippen molar-refractivity contribution in [2.45, 2.75) is 19.9 Å². The molecular weight excluding hydrogens is 328 g/mol. The monoisotopic (exact) mass is 340 g/mol. The average molecular weight is 341 g/mol. The summed E-state index contributed by atoms with van der Waals surface area (Å²) >= 11 is 5.08. The SMILES string of the molecule is Cc1c(NC(C)c2ccc(Br)s2)cccc1[N+](=O)[O-]. The molecule has 19 heavy (non-hydrogen) atoms. The van der Waals surface area contributed by atoms with Gasteiger partial charge in [0, 0.05) is 22.2 Å². The molecular formula is C13H13BrN2O2S. The zero-order chi connectivity index (χ0) is 14.0. The van der Waals surface area contributed by atoms with Crippen LogP contribution < -0.4 is 5.32 Å². The summed E-state index contributed by atoms with van der Waals surface area (Å²) in [5.74, 6) is 0. The van der Waals surface area contributed by atoms with Gasteiger partial charge in [-0.15, -0.1) is 11.3 Å². The molecule has 6 heteroatoms. The number of nitro groups is 1. The molecule has 4 nitrogen and oxygen atoms in total. The van der Waals surface area contributed by atoms with Crippen LogP contribution in [0.5, 0.6) is 0 Å². The largest absolute Gasteiger partial charge is 0.377 e. The molecule has 0 aliphatic rings. The molecule has 1 atom stereocenters. The maximum atomic E-state index is 10.9. The number of nitrogens with zero attached hydrogens (tertiary/aromatic N) is 1. The third kappa shape index (κ3) is 3.13. The molecule has 1 N–H and O–H groups in total. The first-order valence-electron chi connectivity index (χ1n) is 5.75. The Balaban J connectivity index is 2.24. The van der Waals surface area contributed by atoms with Crippen LogP contribution in [-0.2, 0) is 0 Å². The second kappa shape index (κ2) is 5.71. The van der Waals surface area contributed by atoms with Gasteiger partial charge in [0.25, 0.3) is 5.69 Å². The highest BCUT2D eigenvalue weighted by Gasteiger charge is 2.15. The number of nitrogens with one attached hydrogen (secondary N) is 1. The number of hydrogen-bond acceptors (Lipinski definition) is 4. The number of thiophene rings is 1. The summed E-state index contributed by atoms with van der Waals surface area (Å²) in [6, 6.07) is 9.23. The van der Waals surface area contributed by atoms with Gasteiger partial charge in [0.05, 0.1) is 14.8 Å². The first kappa shape index (κ1) is 14.0. The van der Waals surface area contributed by atoms with E-state index in [1.807, 2.05) is 25.1 Å². The summed E-state index contributed by atoms with van der Waals surface area (Å²) in [6.07, 6.45) is 0. The van der Waals surface area contributed by atoms with E-state index < -0.39 is 0 Å². The fraction of sp³-hybridized carbons (Fsp3) is 0.231. The lowest BCUT2D eigenvalue weighted by Gasteiger charge is -2.15. The van der Waals surface area contributed by atoms with Gasteiger partial charge in [-0.3, -0.25) is 10.1 Å². The Morgan fingerprint density at radius 2 is 2.11 bits per heavy atom. The van der Waals surface area contributed by atoms with Crippen LogP contribution in [0.15, 0.2) is 34.1 Å². The normalized spacial score (nSPS) is 12.2. The first-order chi connectivity index (χ1) is 8.99. The molecule has 0 saturated heterocycles. The highest BCUT2D eigenvalue weighted by Crippen LogP contribution is 2.32. The molecule has 1 unspecified atom stereocenters. The molecule has 0 bridgehead atoms. The smallest absolute Gasteiger partial charge is 0.274 e. The van der Waals surface area contributed by atoms with Crippen molar-refractivity contribution in [3.63, 3.8) is 0 Å². The van der Waals surface area contributed by atoms with Crippen molar-refractivity contribution in [2.24, 2.45) is 0 Å². The maximum Gasteiger partial charge on any atom is 0.274 e. The number of anilines is 1. The Morgan fingerprint density at radius 1 is 1.37 bits per heavy atom. The van der Waals surface area contributed by atoms with Gasteiger partial charge in [-0.1, -0.05) is 6.07 Å². The lowest BCUT2D eigenvalue weighted by atomic mass is 10.1. The Kier molecular flexibility index (Phi) is 4.21. The van der Waals surface area contributed by atoms with Crippen LogP contribution in [0.3, 0.4) is 0 Å². The Morgan fingerprint density at radius 3 is 2.68 bits per heavy atom. The van der Waals surface area contributed by atoms with Gasteiger partial charge in [0.1, 0.15) is 0 Å². The van der Waals surface area contributed by atoms with E-state index in [1.54, 1.807) is 24.3 Å². The van der Waals surface area contributed by atoms with E-state index in [-0.39, 0.29) is 16.7 Å². The van der Waals surface area contributed by atoms with Crippen molar-refractivity contribution in [2.75, 3.05) is 5.32 Å². The fourth-order valence-corrected chi connectivity index (χ4v) is 3.27. The Bertz CT molecular complexity index is 612. The number of benzene rings is 1. The lowest BCUT2D eigenvalue weighted by Crippen LogP contribution is -2.07. The molecule has 1 aromatic heterocycles. The van der Waals surface area contributed by atoms with Crippen molar-refractivity contribution in [1.29, 1.82) is 0 Å². The lowest BCUT2D eigenvalue weighted by molar-refractivity contribution is -0.385. The molecule has 0 saturated carbocycles. The summed E-state index contributed by atoms with van der Waals surface area (Å²) in [5.41, 5.74) is 1.60. The molecule has 0 aliphatic heterocycles. The molecule has 2 aromatic rings. The van der Waals surface area contributed by atoms with Gasteiger partial charge < -0.3 is 5.32 Å². The number of rotatable bonds is 4. The summed E-state index contributed by atoms with van der Waals surface area (Å²) in [5, 5.41) is 14.2. The quantitative estimate of drug-likeness (QED) is 0.636. The van der Waals surface area contributed by atoms with Gasteiger partial charge in [-0.2, -0.15) is 0 Å². The minimum absolute atomic E-state index is 0.108. The predicted octanol–water partition coefficient (Wildman–Crippen LogP) is 4.90. The second-order valence-corrected chi connectivity index (χ2v) is 6.71. The molecule has 0 aliphatic carbocycles. The highest BCUT2D eigenvalue weighted by atomic mass is 79.9. The molecule has 0 radical (unpaired) electrons. The van der Waals surface area contributed by atoms with Gasteiger partial charge >= 0.3 is 0 Å². The molecule has 0 fully saturated rings. The fourth-order valence-electron chi connectivity index (χ4n) is 1.84. The maximum absolute atomic E-state index is 10.9. The van der Waals surface area contributed by atoms with E-state index in [9.17, 15) is 10.1 Å². The van der Waals surface area contributed by atoms with Gasteiger partial charge in [0.2, 0.25) is 0 Å². The zero-order valence-electron chi connectivity index (χ0n) is 10.5. The second-order valence-electron chi connectivity index (χ2n) is 4.21. The van der Waals surface area contributed by atoms with Crippen molar-refractivity contribution in [1.82, 2.24) is 0 Å². The highest BCUT2D eigenvalue weighted by molar-refractivity contribution is 9.11. The standard InChI is InChI=1S/C13H13BrN2O2S/c1-8-10(4-3-5-11(8)16(17)18)15-9(2)12-6-7-13(14)19-12/h3-7,9,15H,1-2H3. The minimum Gasteiger partial charge on any atom is -0.377 e. The van der Waals surface area contributed by atoms with Gasteiger partial charge in [-0.05, 0) is 48.0 Å². The first-order valence-corrected chi connectivity index (χ1v) is 7.35. The Hall–Kier alpha value is -1.40. The van der Waals surface area contributed by atoms with Crippen LogP contribution in [0.25, 0.3) is 0 Å². The van der Waals surface area contributed by atoms with Crippen LogP contribution in [0.2, 0.25) is 0 Å². The minimum atomic E-state index is -0.354. The van der Waals surface area contributed by atoms with Crippen molar-refractivity contribution >= 4 is 38.6 Å². The summed E-state index contributed by atoms with van der Waals surface area (Å²) in [6.45, 7) is 3.80. The third-order valence-electron chi connectivity index (χ3n) is 2.89. The van der Waals surface area contributed by atoms with Crippen LogP contribution in [0.1, 0.15) is 23.4 Å². The molecule has 2 rings (SSSR count). The van der Waals surface area contributed by atoms with Gasteiger partial charge in [0.15, 0.2) is 0 Å². The predicted molar refractivity (Wildman–Crippen MR) is 81.9 cm³/mol. The molecule has 100 valence electrons. The Labute approximate surface area is 123 Å². The molecule has 1 heterocycles. The summed E-state index contributed by atoms with van der Waals surface area (Å²) in [4.78, 5) is 11.7. The molecule has 0 spiro atoms. The van der Waals surface area contributed by atoms with Crippen molar-refractivity contribution in [3.8, 4) is 0 Å². The van der Waals surface area contributed by atoms with Crippen molar-refractivity contribution < 1.29 is 4.92 Å². The van der Waals surface area contributed by atoms with Crippen molar-refractivity contribution in [3.05, 3.63) is 54.7 Å². The van der Waals surface area contributed by atoms with Crippen LogP contribution in [-0.4, -0.2) is 4.92 Å². The summed E-state index contributed by atoms with van der Waals surface area (Å²) in [7, 11) is 0. The third-order valence-corrected chi connectivity index (χ3v) is 4.70. The van der Waals surface area contributed by atoms with E-state index in [4.69, 9.17) is 0 Å². The number of halogens is 1. The number of nitro benzene ring substituents is 1. The van der Waals surface area contributed by atoms with E-state index in [2.05, 4.69) is 21.2 Å². The van der Waals surface area contributed by atoms with E-state index in [1.165, 1.54) is 10.9 Å². The zero-order valence-corrected chi connectivity index (χ0v) is 12.9.